The summed E-state index contributed by atoms with van der Waals surface area (Å²) < 4.78 is 0. The Morgan fingerprint density at radius 3 is 2.65 bits per heavy atom. The van der Waals surface area contributed by atoms with E-state index in [9.17, 15) is 4.79 Å². The lowest BCUT2D eigenvalue weighted by Gasteiger charge is -2.08. The number of fused-ring (bicyclic) bond motifs is 1. The van der Waals surface area contributed by atoms with E-state index in [4.69, 9.17) is 0 Å². The largest absolute Gasteiger partial charge is 0.322 e. The van der Waals surface area contributed by atoms with Crippen LogP contribution in [0.1, 0.15) is 21.5 Å². The lowest BCUT2D eigenvalue weighted by molar-refractivity contribution is 0.102. The average Bonchev–Trinajstić information content (AvgIpc) is 2.85. The van der Waals surface area contributed by atoms with Crippen LogP contribution in [0.25, 0.3) is 10.9 Å². The summed E-state index contributed by atoms with van der Waals surface area (Å²) in [5.74, 6) is -0.134. The number of hydrogen-bond donors (Lipinski definition) is 2. The lowest BCUT2D eigenvalue weighted by atomic mass is 10.1. The summed E-state index contributed by atoms with van der Waals surface area (Å²) in [4.78, 5) is 12.4. The van der Waals surface area contributed by atoms with E-state index in [2.05, 4.69) is 21.6 Å². The van der Waals surface area contributed by atoms with Crippen molar-refractivity contribution in [2.24, 2.45) is 0 Å². The van der Waals surface area contributed by atoms with Gasteiger partial charge in [-0.05, 0) is 43.2 Å². The third-order valence-electron chi connectivity index (χ3n) is 3.20. The first-order chi connectivity index (χ1) is 9.63. The summed E-state index contributed by atoms with van der Waals surface area (Å²) in [5, 5.41) is 10.7. The van der Waals surface area contributed by atoms with Crippen molar-refractivity contribution < 1.29 is 4.79 Å². The Hall–Kier alpha value is -2.62. The van der Waals surface area contributed by atoms with E-state index in [1.807, 2.05) is 38.1 Å². The van der Waals surface area contributed by atoms with E-state index in [1.165, 1.54) is 0 Å². The molecule has 0 aliphatic carbocycles. The summed E-state index contributed by atoms with van der Waals surface area (Å²) in [6, 6.07) is 11.6. The number of nitrogens with zero attached hydrogens (tertiary/aromatic N) is 1. The van der Waals surface area contributed by atoms with Gasteiger partial charge >= 0.3 is 0 Å². The molecule has 0 aliphatic heterocycles. The van der Waals surface area contributed by atoms with Crippen molar-refractivity contribution in [1.29, 1.82) is 0 Å². The summed E-state index contributed by atoms with van der Waals surface area (Å²) in [7, 11) is 0. The second kappa shape index (κ2) is 4.81. The monoisotopic (exact) mass is 265 g/mol. The van der Waals surface area contributed by atoms with Gasteiger partial charge in [0.05, 0.1) is 17.3 Å². The molecule has 1 aromatic heterocycles. The highest BCUT2D eigenvalue weighted by Gasteiger charge is 2.11. The predicted octanol–water partition coefficient (Wildman–Crippen LogP) is 3.43. The van der Waals surface area contributed by atoms with Gasteiger partial charge in [0.25, 0.3) is 5.91 Å². The van der Waals surface area contributed by atoms with Gasteiger partial charge in [-0.2, -0.15) is 5.10 Å². The smallest absolute Gasteiger partial charge is 0.257 e. The molecular formula is C16H15N3O. The quantitative estimate of drug-likeness (QED) is 0.745. The number of H-pyrrole nitrogens is 1. The van der Waals surface area contributed by atoms with Crippen molar-refractivity contribution in [2.45, 2.75) is 13.8 Å². The van der Waals surface area contributed by atoms with Crippen LogP contribution in [0.5, 0.6) is 0 Å². The molecule has 0 spiro atoms. The Morgan fingerprint density at radius 2 is 1.90 bits per heavy atom. The lowest BCUT2D eigenvalue weighted by Crippen LogP contribution is -2.12. The minimum absolute atomic E-state index is 0.134. The number of para-hydroxylation sites is 1. The molecule has 0 bridgehead atoms. The summed E-state index contributed by atoms with van der Waals surface area (Å²) in [6.07, 6.45) is 1.71. The fourth-order valence-electron chi connectivity index (χ4n) is 2.40. The van der Waals surface area contributed by atoms with Gasteiger partial charge in [-0.15, -0.1) is 0 Å². The van der Waals surface area contributed by atoms with Gasteiger partial charge in [0.1, 0.15) is 0 Å². The number of aromatic nitrogens is 2. The maximum atomic E-state index is 12.4. The van der Waals surface area contributed by atoms with Gasteiger partial charge in [-0.25, -0.2) is 0 Å². The number of aryl methyl sites for hydroxylation is 2. The first-order valence-corrected chi connectivity index (χ1v) is 6.45. The molecule has 0 atom stereocenters. The topological polar surface area (TPSA) is 57.8 Å². The van der Waals surface area contributed by atoms with Gasteiger partial charge < -0.3 is 5.32 Å². The predicted molar refractivity (Wildman–Crippen MR) is 80.0 cm³/mol. The number of anilines is 1. The molecule has 4 heteroatoms. The molecule has 0 unspecified atom stereocenters. The molecule has 100 valence electrons. The molecule has 3 aromatic rings. The Bertz CT molecular complexity index is 769. The molecule has 0 aliphatic rings. The van der Waals surface area contributed by atoms with E-state index in [-0.39, 0.29) is 5.91 Å². The normalized spacial score (nSPS) is 10.7. The summed E-state index contributed by atoms with van der Waals surface area (Å²) in [6.45, 7) is 4.02. The highest BCUT2D eigenvalue weighted by molar-refractivity contribution is 6.11. The minimum Gasteiger partial charge on any atom is -0.322 e. The van der Waals surface area contributed by atoms with Gasteiger partial charge in [0, 0.05) is 11.1 Å². The number of aromatic amines is 1. The van der Waals surface area contributed by atoms with E-state index >= 15 is 0 Å². The van der Waals surface area contributed by atoms with Crippen LogP contribution in [0.3, 0.4) is 0 Å². The third-order valence-corrected chi connectivity index (χ3v) is 3.20. The van der Waals surface area contributed by atoms with Crippen LogP contribution in [0, 0.1) is 13.8 Å². The molecule has 0 radical (unpaired) electrons. The van der Waals surface area contributed by atoms with Crippen molar-refractivity contribution in [1.82, 2.24) is 10.2 Å². The number of carbonyl (C=O) groups excluding carboxylic acids is 1. The Labute approximate surface area is 116 Å². The third kappa shape index (κ3) is 2.28. The minimum atomic E-state index is -0.134. The molecule has 2 aromatic carbocycles. The Kier molecular flexibility index (Phi) is 2.99. The maximum absolute atomic E-state index is 12.4. The van der Waals surface area contributed by atoms with Crippen LogP contribution >= 0.6 is 0 Å². The number of benzene rings is 2. The van der Waals surface area contributed by atoms with Crippen LogP contribution < -0.4 is 5.32 Å². The van der Waals surface area contributed by atoms with Crippen LogP contribution in [0.15, 0.2) is 42.6 Å². The zero-order chi connectivity index (χ0) is 14.1. The SMILES string of the molecule is Cc1cc(C)cc(NC(=O)c2cccc3cn[nH]c23)c1. The van der Waals surface area contributed by atoms with E-state index in [0.29, 0.717) is 5.56 Å². The number of hydrogen-bond acceptors (Lipinski definition) is 2. The fraction of sp³-hybridized carbons (Fsp3) is 0.125. The molecule has 0 fully saturated rings. The molecular weight excluding hydrogens is 250 g/mol. The highest BCUT2D eigenvalue weighted by atomic mass is 16.1. The molecule has 4 nitrogen and oxygen atoms in total. The molecule has 3 rings (SSSR count). The molecule has 0 saturated heterocycles. The van der Waals surface area contributed by atoms with Crippen molar-refractivity contribution >= 4 is 22.5 Å². The van der Waals surface area contributed by atoms with E-state index < -0.39 is 0 Å². The van der Waals surface area contributed by atoms with Gasteiger partial charge in [-0.3, -0.25) is 9.89 Å². The maximum Gasteiger partial charge on any atom is 0.257 e. The molecule has 1 amide bonds. The molecule has 20 heavy (non-hydrogen) atoms. The first-order valence-electron chi connectivity index (χ1n) is 6.45. The second-order valence-electron chi connectivity index (χ2n) is 4.97. The van der Waals surface area contributed by atoms with Crippen LogP contribution in [0.2, 0.25) is 0 Å². The van der Waals surface area contributed by atoms with Crippen LogP contribution in [-0.2, 0) is 0 Å². The van der Waals surface area contributed by atoms with Crippen molar-refractivity contribution in [2.75, 3.05) is 5.32 Å². The van der Waals surface area contributed by atoms with Crippen molar-refractivity contribution in [3.63, 3.8) is 0 Å². The van der Waals surface area contributed by atoms with E-state index in [0.717, 1.165) is 27.7 Å². The van der Waals surface area contributed by atoms with E-state index in [1.54, 1.807) is 12.3 Å². The van der Waals surface area contributed by atoms with Crippen molar-refractivity contribution in [3.05, 3.63) is 59.3 Å². The fourth-order valence-corrected chi connectivity index (χ4v) is 2.40. The summed E-state index contributed by atoms with van der Waals surface area (Å²) in [5.41, 5.74) is 4.41. The second-order valence-corrected chi connectivity index (χ2v) is 4.97. The molecule has 2 N–H and O–H groups in total. The van der Waals surface area contributed by atoms with Gasteiger partial charge in [0.15, 0.2) is 0 Å². The van der Waals surface area contributed by atoms with Gasteiger partial charge in [-0.1, -0.05) is 18.2 Å². The average molecular weight is 265 g/mol. The number of nitrogens with one attached hydrogen (secondary N) is 2. The molecule has 0 saturated carbocycles. The van der Waals surface area contributed by atoms with Crippen LogP contribution in [-0.4, -0.2) is 16.1 Å². The zero-order valence-electron chi connectivity index (χ0n) is 11.4. The Morgan fingerprint density at radius 1 is 1.15 bits per heavy atom. The van der Waals surface area contributed by atoms with Gasteiger partial charge in [0.2, 0.25) is 0 Å². The Balaban J connectivity index is 1.95. The van der Waals surface area contributed by atoms with Crippen molar-refractivity contribution in [3.8, 4) is 0 Å². The number of carbonyl (C=O) groups is 1. The highest BCUT2D eigenvalue weighted by Crippen LogP contribution is 2.19. The standard InChI is InChI=1S/C16H15N3O/c1-10-6-11(2)8-13(7-10)18-16(20)14-5-3-4-12-9-17-19-15(12)14/h3-9H,1-2H3,(H,17,19)(H,18,20). The number of amides is 1. The molecule has 1 heterocycles. The first kappa shape index (κ1) is 12.4. The number of rotatable bonds is 2. The summed E-state index contributed by atoms with van der Waals surface area (Å²) >= 11 is 0. The zero-order valence-corrected chi connectivity index (χ0v) is 11.4. The van der Waals surface area contributed by atoms with Crippen LogP contribution in [0.4, 0.5) is 5.69 Å².